The van der Waals surface area contributed by atoms with Gasteiger partial charge >= 0.3 is 6.18 Å². The first kappa shape index (κ1) is 15.1. The molecule has 0 aliphatic rings. The molecule has 0 radical (unpaired) electrons. The number of nitrogens with zero attached hydrogens (tertiary/aromatic N) is 3. The van der Waals surface area contributed by atoms with Gasteiger partial charge < -0.3 is 4.74 Å². The molecule has 104 valence electrons. The lowest BCUT2D eigenvalue weighted by atomic mass is 10.2. The topological polar surface area (TPSA) is 54.8 Å². The highest BCUT2D eigenvalue weighted by molar-refractivity contribution is 5.81. The van der Waals surface area contributed by atoms with Crippen molar-refractivity contribution in [2.45, 2.75) is 6.18 Å². The van der Waals surface area contributed by atoms with E-state index >= 15 is 0 Å². The third-order valence-corrected chi connectivity index (χ3v) is 2.11. The second kappa shape index (κ2) is 6.28. The molecular formula is C11H12F3N3O2. The SMILES string of the molecule is COCC(=O)N(C)/N=C/c1ccc(C(F)(F)F)cn1. The van der Waals surface area contributed by atoms with E-state index in [0.29, 0.717) is 6.20 Å². The Labute approximate surface area is 107 Å². The normalized spacial score (nSPS) is 11.8. The molecule has 0 spiro atoms. The zero-order chi connectivity index (χ0) is 14.5. The van der Waals surface area contributed by atoms with Crippen molar-refractivity contribution in [3.05, 3.63) is 29.6 Å². The number of ether oxygens (including phenoxy) is 1. The van der Waals surface area contributed by atoms with E-state index in [1.165, 1.54) is 26.4 Å². The van der Waals surface area contributed by atoms with Crippen molar-refractivity contribution in [3.8, 4) is 0 Å². The summed E-state index contributed by atoms with van der Waals surface area (Å²) in [6, 6.07) is 2.06. The van der Waals surface area contributed by atoms with E-state index in [1.54, 1.807) is 0 Å². The molecule has 8 heteroatoms. The molecule has 0 atom stereocenters. The number of hydrogen-bond acceptors (Lipinski definition) is 4. The number of hydrazone groups is 1. The average molecular weight is 275 g/mol. The summed E-state index contributed by atoms with van der Waals surface area (Å²) in [5.74, 6) is -0.384. The molecule has 0 aromatic carbocycles. The van der Waals surface area contributed by atoms with Gasteiger partial charge in [0, 0.05) is 20.4 Å². The van der Waals surface area contributed by atoms with Crippen LogP contribution in [0.1, 0.15) is 11.3 Å². The molecule has 0 fully saturated rings. The van der Waals surface area contributed by atoms with Crippen molar-refractivity contribution in [2.24, 2.45) is 5.10 Å². The van der Waals surface area contributed by atoms with Gasteiger partial charge in [-0.05, 0) is 12.1 Å². The monoisotopic (exact) mass is 275 g/mol. The van der Waals surface area contributed by atoms with E-state index in [1.807, 2.05) is 0 Å². The third kappa shape index (κ3) is 4.66. The van der Waals surface area contributed by atoms with Crippen LogP contribution in [-0.2, 0) is 15.7 Å². The number of carbonyl (C=O) groups is 1. The van der Waals surface area contributed by atoms with E-state index in [2.05, 4.69) is 14.8 Å². The van der Waals surface area contributed by atoms with E-state index in [4.69, 9.17) is 0 Å². The number of amides is 1. The molecular weight excluding hydrogens is 263 g/mol. The van der Waals surface area contributed by atoms with E-state index in [9.17, 15) is 18.0 Å². The number of carbonyl (C=O) groups excluding carboxylic acids is 1. The lowest BCUT2D eigenvalue weighted by molar-refractivity contribution is -0.137. The standard InChI is InChI=1S/C11H12F3N3O2/c1-17(10(18)7-19-2)16-6-9-4-3-8(5-15-9)11(12,13)14/h3-6H,7H2,1-2H3/b16-6+. The van der Waals surface area contributed by atoms with Gasteiger partial charge in [-0.2, -0.15) is 18.3 Å². The molecule has 0 unspecified atom stereocenters. The number of rotatable bonds is 4. The first-order valence-corrected chi connectivity index (χ1v) is 5.17. The largest absolute Gasteiger partial charge is 0.417 e. The van der Waals surface area contributed by atoms with Crippen LogP contribution in [0.3, 0.4) is 0 Å². The summed E-state index contributed by atoms with van der Waals surface area (Å²) in [6.45, 7) is -0.131. The van der Waals surface area contributed by atoms with Crippen molar-refractivity contribution >= 4 is 12.1 Å². The highest BCUT2D eigenvalue weighted by Gasteiger charge is 2.30. The van der Waals surface area contributed by atoms with Crippen LogP contribution in [0.25, 0.3) is 0 Å². The smallest absolute Gasteiger partial charge is 0.375 e. The first-order chi connectivity index (χ1) is 8.84. The zero-order valence-corrected chi connectivity index (χ0v) is 10.3. The molecule has 0 aliphatic carbocycles. The quantitative estimate of drug-likeness (QED) is 0.618. The fraction of sp³-hybridized carbons (Fsp3) is 0.364. The molecule has 5 nitrogen and oxygen atoms in total. The van der Waals surface area contributed by atoms with Crippen LogP contribution < -0.4 is 0 Å². The molecule has 19 heavy (non-hydrogen) atoms. The van der Waals surface area contributed by atoms with Crippen LogP contribution in [0.5, 0.6) is 0 Å². The lowest BCUT2D eigenvalue weighted by Gasteiger charge is -2.09. The number of methoxy groups -OCH3 is 1. The third-order valence-electron chi connectivity index (χ3n) is 2.11. The lowest BCUT2D eigenvalue weighted by Crippen LogP contribution is -2.25. The Kier molecular flexibility index (Phi) is 4.99. The fourth-order valence-electron chi connectivity index (χ4n) is 1.08. The van der Waals surface area contributed by atoms with Crippen molar-refractivity contribution in [1.29, 1.82) is 0 Å². The second-order valence-electron chi connectivity index (χ2n) is 3.56. The summed E-state index contributed by atoms with van der Waals surface area (Å²) in [5.41, 5.74) is -0.626. The molecule has 0 bridgehead atoms. The molecule has 1 amide bonds. The van der Waals surface area contributed by atoms with Crippen molar-refractivity contribution < 1.29 is 22.7 Å². The summed E-state index contributed by atoms with van der Waals surface area (Å²) < 4.78 is 41.5. The first-order valence-electron chi connectivity index (χ1n) is 5.17. The van der Waals surface area contributed by atoms with E-state index in [-0.39, 0.29) is 18.2 Å². The summed E-state index contributed by atoms with van der Waals surface area (Å²) in [4.78, 5) is 14.9. The van der Waals surface area contributed by atoms with Crippen molar-refractivity contribution in [3.63, 3.8) is 0 Å². The van der Waals surface area contributed by atoms with Gasteiger partial charge in [0.1, 0.15) is 6.61 Å². The van der Waals surface area contributed by atoms with Crippen LogP contribution in [0.15, 0.2) is 23.4 Å². The van der Waals surface area contributed by atoms with Crippen LogP contribution in [-0.4, -0.2) is 42.9 Å². The molecule has 0 aliphatic heterocycles. The van der Waals surface area contributed by atoms with Gasteiger partial charge in [0.25, 0.3) is 5.91 Å². The van der Waals surface area contributed by atoms with Gasteiger partial charge in [-0.25, -0.2) is 5.01 Å². The Morgan fingerprint density at radius 1 is 1.53 bits per heavy atom. The molecule has 1 rings (SSSR count). The molecule has 0 N–H and O–H groups in total. The molecule has 0 saturated heterocycles. The molecule has 1 aromatic rings. The average Bonchev–Trinajstić information content (AvgIpc) is 2.35. The Balaban J connectivity index is 2.70. The van der Waals surface area contributed by atoms with E-state index in [0.717, 1.165) is 11.1 Å². The maximum absolute atomic E-state index is 12.3. The minimum absolute atomic E-state index is 0.131. The number of hydrogen-bond donors (Lipinski definition) is 0. The van der Waals surface area contributed by atoms with Crippen molar-refractivity contribution in [1.82, 2.24) is 9.99 Å². The number of pyridine rings is 1. The van der Waals surface area contributed by atoms with Gasteiger partial charge in [-0.3, -0.25) is 9.78 Å². The zero-order valence-electron chi connectivity index (χ0n) is 10.3. The number of likely N-dealkylation sites (N-methyl/N-ethyl adjacent to an activating group) is 1. The van der Waals surface area contributed by atoms with Crippen LogP contribution >= 0.6 is 0 Å². The Bertz CT molecular complexity index is 457. The van der Waals surface area contributed by atoms with Gasteiger partial charge in [0.2, 0.25) is 0 Å². The van der Waals surface area contributed by atoms with Gasteiger partial charge in [-0.1, -0.05) is 0 Å². The maximum atomic E-state index is 12.3. The van der Waals surface area contributed by atoms with E-state index < -0.39 is 11.7 Å². The minimum Gasteiger partial charge on any atom is -0.375 e. The summed E-state index contributed by atoms with van der Waals surface area (Å²) in [7, 11) is 2.77. The highest BCUT2D eigenvalue weighted by Crippen LogP contribution is 2.28. The van der Waals surface area contributed by atoms with Crippen LogP contribution in [0.4, 0.5) is 13.2 Å². The van der Waals surface area contributed by atoms with Gasteiger partial charge in [-0.15, -0.1) is 0 Å². The second-order valence-corrected chi connectivity index (χ2v) is 3.56. The van der Waals surface area contributed by atoms with Crippen LogP contribution in [0.2, 0.25) is 0 Å². The minimum atomic E-state index is -4.42. The Hall–Kier alpha value is -1.96. The summed E-state index contributed by atoms with van der Waals surface area (Å²) in [6.07, 6.45) is -2.53. The summed E-state index contributed by atoms with van der Waals surface area (Å²) >= 11 is 0. The predicted octanol–water partition coefficient (Wildman–Crippen LogP) is 1.54. The van der Waals surface area contributed by atoms with Gasteiger partial charge in [0.15, 0.2) is 0 Å². The Morgan fingerprint density at radius 2 is 2.21 bits per heavy atom. The Morgan fingerprint density at radius 3 is 2.68 bits per heavy atom. The number of aromatic nitrogens is 1. The predicted molar refractivity (Wildman–Crippen MR) is 61.5 cm³/mol. The maximum Gasteiger partial charge on any atom is 0.417 e. The molecule has 1 aromatic heterocycles. The fourth-order valence-corrected chi connectivity index (χ4v) is 1.08. The molecule has 1 heterocycles. The molecule has 0 saturated carbocycles. The van der Waals surface area contributed by atoms with Crippen LogP contribution in [0, 0.1) is 0 Å². The summed E-state index contributed by atoms with van der Waals surface area (Å²) in [5, 5.41) is 4.76. The van der Waals surface area contributed by atoms with Gasteiger partial charge in [0.05, 0.1) is 17.5 Å². The number of halogens is 3. The highest BCUT2D eigenvalue weighted by atomic mass is 19.4. The van der Waals surface area contributed by atoms with Crippen molar-refractivity contribution in [2.75, 3.05) is 20.8 Å². The number of alkyl halides is 3.